The Labute approximate surface area is 145 Å². The van der Waals surface area contributed by atoms with Gasteiger partial charge in [-0.25, -0.2) is 0 Å². The van der Waals surface area contributed by atoms with Gasteiger partial charge >= 0.3 is 0 Å². The Morgan fingerprint density at radius 3 is 2.42 bits per heavy atom. The van der Waals surface area contributed by atoms with E-state index in [0.29, 0.717) is 12.0 Å². The average molecular weight is 318 g/mol. The molecule has 0 amide bonds. The van der Waals surface area contributed by atoms with Gasteiger partial charge in [0.25, 0.3) is 0 Å². The van der Waals surface area contributed by atoms with Crippen LogP contribution in [0.3, 0.4) is 0 Å². The van der Waals surface area contributed by atoms with Gasteiger partial charge in [-0.15, -0.1) is 0 Å². The van der Waals surface area contributed by atoms with Crippen molar-refractivity contribution < 1.29 is 0 Å². The van der Waals surface area contributed by atoms with Gasteiger partial charge in [0.05, 0.1) is 11.9 Å². The van der Waals surface area contributed by atoms with Crippen LogP contribution in [0.25, 0.3) is 0 Å². The second-order valence-electron chi connectivity index (χ2n) is 7.07. The van der Waals surface area contributed by atoms with Crippen molar-refractivity contribution in [2.24, 2.45) is 4.99 Å². The van der Waals surface area contributed by atoms with Crippen LogP contribution in [0.2, 0.25) is 0 Å². The van der Waals surface area contributed by atoms with E-state index < -0.39 is 0 Å². The van der Waals surface area contributed by atoms with Crippen molar-refractivity contribution in [1.29, 1.82) is 0 Å². The molecule has 1 aliphatic carbocycles. The molecule has 0 bridgehead atoms. The third-order valence-electron chi connectivity index (χ3n) is 5.43. The number of hydrogen-bond acceptors (Lipinski definition) is 1. The zero-order valence-corrected chi connectivity index (χ0v) is 14.3. The van der Waals surface area contributed by atoms with E-state index in [4.69, 9.17) is 4.99 Å². The second-order valence-corrected chi connectivity index (χ2v) is 7.07. The molecule has 0 spiro atoms. The first-order valence-corrected chi connectivity index (χ1v) is 9.30. The number of hydrogen-bond donors (Lipinski definition) is 0. The Morgan fingerprint density at radius 2 is 1.62 bits per heavy atom. The molecule has 1 aliphatic heterocycles. The molecule has 124 valence electrons. The molecule has 0 aromatic heterocycles. The number of aliphatic imine (C=N–C) groups is 1. The number of likely N-dealkylation sites (tertiary alicyclic amines) is 1. The Balaban J connectivity index is 1.51. The van der Waals surface area contributed by atoms with Gasteiger partial charge in [0, 0.05) is 25.4 Å². The summed E-state index contributed by atoms with van der Waals surface area (Å²) in [6.45, 7) is 2.15. The maximum Gasteiger partial charge on any atom is 0.0996 e. The molecular weight excluding hydrogens is 292 g/mol. The van der Waals surface area contributed by atoms with Gasteiger partial charge < -0.3 is 4.90 Å². The highest BCUT2D eigenvalue weighted by Crippen LogP contribution is 2.37. The maximum atomic E-state index is 5.25. The van der Waals surface area contributed by atoms with E-state index in [0.717, 1.165) is 19.5 Å². The van der Waals surface area contributed by atoms with E-state index in [-0.39, 0.29) is 0 Å². The summed E-state index contributed by atoms with van der Waals surface area (Å²) in [4.78, 5) is 7.75. The van der Waals surface area contributed by atoms with Gasteiger partial charge in [0.1, 0.15) is 0 Å². The molecule has 2 aliphatic rings. The molecule has 1 heterocycles. The Bertz CT molecular complexity index is 678. The van der Waals surface area contributed by atoms with Gasteiger partial charge in [0.2, 0.25) is 0 Å². The predicted octanol–water partition coefficient (Wildman–Crippen LogP) is 5.02. The minimum absolute atomic E-state index is 0.471. The SMILES string of the molecule is c1ccc(CN2CCCC2=N[C@@H]2CCC[C@@H]2c2ccccc2)cc1. The van der Waals surface area contributed by atoms with Crippen LogP contribution in [0.5, 0.6) is 0 Å². The smallest absolute Gasteiger partial charge is 0.0996 e. The molecule has 0 unspecified atom stereocenters. The van der Waals surface area contributed by atoms with Crippen molar-refractivity contribution in [3.05, 3.63) is 71.8 Å². The summed E-state index contributed by atoms with van der Waals surface area (Å²) in [6.07, 6.45) is 6.21. The molecule has 2 nitrogen and oxygen atoms in total. The van der Waals surface area contributed by atoms with Crippen LogP contribution < -0.4 is 0 Å². The lowest BCUT2D eigenvalue weighted by molar-refractivity contribution is 0.442. The largest absolute Gasteiger partial charge is 0.356 e. The van der Waals surface area contributed by atoms with Crippen molar-refractivity contribution in [3.63, 3.8) is 0 Å². The Hall–Kier alpha value is -2.09. The summed E-state index contributed by atoms with van der Waals surface area (Å²) < 4.78 is 0. The van der Waals surface area contributed by atoms with Crippen LogP contribution in [0.4, 0.5) is 0 Å². The first-order valence-electron chi connectivity index (χ1n) is 9.30. The van der Waals surface area contributed by atoms with Crippen molar-refractivity contribution in [1.82, 2.24) is 4.90 Å². The third kappa shape index (κ3) is 3.38. The standard InChI is InChI=1S/C22H26N2/c1-3-9-18(10-4-1)17-24-16-8-15-22(24)23-21-14-7-13-20(21)19-11-5-2-6-12-19/h1-6,9-12,20-21H,7-8,13-17H2/t20-,21-/m1/s1. The molecule has 1 saturated carbocycles. The van der Waals surface area contributed by atoms with Crippen LogP contribution in [-0.2, 0) is 6.54 Å². The molecule has 2 aromatic carbocycles. The summed E-state index contributed by atoms with van der Waals surface area (Å²) >= 11 is 0. The van der Waals surface area contributed by atoms with E-state index >= 15 is 0 Å². The van der Waals surface area contributed by atoms with Crippen LogP contribution in [0, 0.1) is 0 Å². The lowest BCUT2D eigenvalue weighted by Crippen LogP contribution is -2.26. The van der Waals surface area contributed by atoms with Crippen molar-refractivity contribution in [3.8, 4) is 0 Å². The summed E-state index contributed by atoms with van der Waals surface area (Å²) in [5, 5.41) is 0. The summed E-state index contributed by atoms with van der Waals surface area (Å²) in [6, 6.07) is 22.2. The second kappa shape index (κ2) is 7.21. The van der Waals surface area contributed by atoms with Crippen molar-refractivity contribution >= 4 is 5.84 Å². The minimum atomic E-state index is 0.471. The maximum absolute atomic E-state index is 5.25. The minimum Gasteiger partial charge on any atom is -0.356 e. The summed E-state index contributed by atoms with van der Waals surface area (Å²) in [5.41, 5.74) is 2.86. The highest BCUT2D eigenvalue weighted by Gasteiger charge is 2.30. The van der Waals surface area contributed by atoms with E-state index in [2.05, 4.69) is 65.6 Å². The van der Waals surface area contributed by atoms with Crippen LogP contribution >= 0.6 is 0 Å². The van der Waals surface area contributed by atoms with Crippen LogP contribution in [-0.4, -0.2) is 23.3 Å². The zero-order valence-electron chi connectivity index (χ0n) is 14.3. The fraction of sp³-hybridized carbons (Fsp3) is 0.409. The fourth-order valence-electron chi connectivity index (χ4n) is 4.21. The quantitative estimate of drug-likeness (QED) is 0.773. The van der Waals surface area contributed by atoms with E-state index in [9.17, 15) is 0 Å². The first kappa shape index (κ1) is 15.4. The third-order valence-corrected chi connectivity index (χ3v) is 5.43. The first-order chi connectivity index (χ1) is 11.9. The number of amidine groups is 1. The number of nitrogens with zero attached hydrogens (tertiary/aromatic N) is 2. The van der Waals surface area contributed by atoms with Gasteiger partial charge in [-0.3, -0.25) is 4.99 Å². The van der Waals surface area contributed by atoms with Crippen LogP contribution in [0.15, 0.2) is 65.7 Å². The molecular formula is C22H26N2. The van der Waals surface area contributed by atoms with E-state index in [1.165, 1.54) is 42.6 Å². The molecule has 4 rings (SSSR count). The number of benzene rings is 2. The van der Waals surface area contributed by atoms with E-state index in [1.54, 1.807) is 0 Å². The molecule has 2 aromatic rings. The monoisotopic (exact) mass is 318 g/mol. The van der Waals surface area contributed by atoms with Gasteiger partial charge in [-0.1, -0.05) is 67.1 Å². The highest BCUT2D eigenvalue weighted by molar-refractivity contribution is 5.84. The molecule has 2 heteroatoms. The van der Waals surface area contributed by atoms with E-state index in [1.807, 2.05) is 0 Å². The van der Waals surface area contributed by atoms with Crippen molar-refractivity contribution in [2.45, 2.75) is 50.6 Å². The van der Waals surface area contributed by atoms with Gasteiger partial charge in [-0.05, 0) is 30.4 Å². The molecule has 1 saturated heterocycles. The molecule has 2 fully saturated rings. The van der Waals surface area contributed by atoms with Crippen molar-refractivity contribution in [2.75, 3.05) is 6.54 Å². The normalized spacial score (nSPS) is 25.5. The molecule has 0 radical (unpaired) electrons. The molecule has 2 atom stereocenters. The summed E-state index contributed by atoms with van der Waals surface area (Å²) in [5.74, 6) is 1.95. The Morgan fingerprint density at radius 1 is 0.875 bits per heavy atom. The topological polar surface area (TPSA) is 15.6 Å². The predicted molar refractivity (Wildman–Crippen MR) is 100 cm³/mol. The molecule has 24 heavy (non-hydrogen) atoms. The highest BCUT2D eigenvalue weighted by atomic mass is 15.2. The lowest BCUT2D eigenvalue weighted by Gasteiger charge is -2.23. The average Bonchev–Trinajstić information content (AvgIpc) is 3.27. The Kier molecular flexibility index (Phi) is 4.64. The van der Waals surface area contributed by atoms with Gasteiger partial charge in [-0.2, -0.15) is 0 Å². The molecule has 0 N–H and O–H groups in total. The van der Waals surface area contributed by atoms with Crippen LogP contribution in [0.1, 0.15) is 49.1 Å². The fourth-order valence-corrected chi connectivity index (χ4v) is 4.21. The number of rotatable bonds is 4. The van der Waals surface area contributed by atoms with Gasteiger partial charge in [0.15, 0.2) is 0 Å². The zero-order chi connectivity index (χ0) is 16.2. The summed E-state index contributed by atoms with van der Waals surface area (Å²) in [7, 11) is 0. The lowest BCUT2D eigenvalue weighted by atomic mass is 9.94.